The first-order chi connectivity index (χ1) is 9.28. The summed E-state index contributed by atoms with van der Waals surface area (Å²) in [5.41, 5.74) is 8.21. The van der Waals surface area contributed by atoms with Crippen molar-refractivity contribution < 1.29 is 4.74 Å². The second kappa shape index (κ2) is 5.41. The number of methoxy groups -OCH3 is 1. The summed E-state index contributed by atoms with van der Waals surface area (Å²) in [5, 5.41) is 0. The van der Waals surface area contributed by atoms with Crippen LogP contribution in [0.3, 0.4) is 0 Å². The summed E-state index contributed by atoms with van der Waals surface area (Å²) in [7, 11) is 1.71. The Bertz CT molecular complexity index is 446. The van der Waals surface area contributed by atoms with E-state index in [-0.39, 0.29) is 0 Å². The largest absolute Gasteiger partial charge is 0.497 e. The summed E-state index contributed by atoms with van der Waals surface area (Å²) in [6.45, 7) is 2.20. The van der Waals surface area contributed by atoms with Crippen LogP contribution >= 0.6 is 0 Å². The number of hydrogen-bond donors (Lipinski definition) is 1. The van der Waals surface area contributed by atoms with E-state index in [0.717, 1.165) is 29.9 Å². The average Bonchev–Trinajstić information content (AvgIpc) is 2.85. The number of nitrogens with zero attached hydrogens (tertiary/aromatic N) is 1. The quantitative estimate of drug-likeness (QED) is 0.849. The second-order valence-electron chi connectivity index (χ2n) is 5.94. The van der Waals surface area contributed by atoms with Gasteiger partial charge >= 0.3 is 0 Å². The third kappa shape index (κ3) is 2.57. The van der Waals surface area contributed by atoms with Gasteiger partial charge in [-0.15, -0.1) is 0 Å². The first-order valence-corrected chi connectivity index (χ1v) is 7.44. The summed E-state index contributed by atoms with van der Waals surface area (Å²) < 4.78 is 5.31. The van der Waals surface area contributed by atoms with Crippen LogP contribution in [0.25, 0.3) is 0 Å². The molecule has 0 amide bonds. The fourth-order valence-electron chi connectivity index (χ4n) is 3.76. The summed E-state index contributed by atoms with van der Waals surface area (Å²) in [4.78, 5) is 2.63. The topological polar surface area (TPSA) is 38.5 Å². The lowest BCUT2D eigenvalue weighted by atomic mass is 9.85. The Balaban J connectivity index is 1.74. The molecule has 1 aromatic carbocycles. The molecule has 0 bridgehead atoms. The van der Waals surface area contributed by atoms with Crippen molar-refractivity contribution >= 4 is 5.69 Å². The fraction of sp³-hybridized carbons (Fsp3) is 0.625. The van der Waals surface area contributed by atoms with Gasteiger partial charge in [-0.2, -0.15) is 0 Å². The molecule has 2 N–H and O–H groups in total. The lowest BCUT2D eigenvalue weighted by Crippen LogP contribution is -2.34. The van der Waals surface area contributed by atoms with Crippen molar-refractivity contribution in [3.63, 3.8) is 0 Å². The molecule has 3 heteroatoms. The Kier molecular flexibility index (Phi) is 3.65. The van der Waals surface area contributed by atoms with Gasteiger partial charge in [0.2, 0.25) is 0 Å². The van der Waals surface area contributed by atoms with Crippen LogP contribution in [0.5, 0.6) is 5.75 Å². The second-order valence-corrected chi connectivity index (χ2v) is 5.94. The minimum absolute atomic E-state index is 0.791. The molecule has 104 valence electrons. The van der Waals surface area contributed by atoms with Gasteiger partial charge in [0, 0.05) is 18.3 Å². The van der Waals surface area contributed by atoms with E-state index in [1.165, 1.54) is 44.2 Å². The standard InChI is InChI=1S/C16H24N2O/c1-19-14-6-7-15(17)13(10-14)11-18-9-8-12-4-2-3-5-16(12)18/h6-7,10,12,16H,2-5,8-9,11,17H2,1H3. The maximum atomic E-state index is 6.11. The van der Waals surface area contributed by atoms with Gasteiger partial charge in [-0.25, -0.2) is 0 Å². The van der Waals surface area contributed by atoms with Crippen molar-refractivity contribution in [3.05, 3.63) is 23.8 Å². The molecule has 1 saturated heterocycles. The van der Waals surface area contributed by atoms with E-state index in [1.54, 1.807) is 7.11 Å². The van der Waals surface area contributed by atoms with Crippen molar-refractivity contribution in [2.75, 3.05) is 19.4 Å². The Morgan fingerprint density at radius 3 is 2.95 bits per heavy atom. The van der Waals surface area contributed by atoms with Gasteiger partial charge in [0.15, 0.2) is 0 Å². The summed E-state index contributed by atoms with van der Waals surface area (Å²) >= 11 is 0. The molecule has 19 heavy (non-hydrogen) atoms. The molecular weight excluding hydrogens is 236 g/mol. The normalized spacial score (nSPS) is 27.2. The number of benzene rings is 1. The minimum atomic E-state index is 0.791. The van der Waals surface area contributed by atoms with Gasteiger partial charge < -0.3 is 10.5 Å². The molecule has 2 aliphatic rings. The van der Waals surface area contributed by atoms with Crippen LogP contribution in [0.15, 0.2) is 18.2 Å². The summed E-state index contributed by atoms with van der Waals surface area (Å²) in [5.74, 6) is 1.84. The number of nitrogens with two attached hydrogens (primary N) is 1. The van der Waals surface area contributed by atoms with E-state index < -0.39 is 0 Å². The van der Waals surface area contributed by atoms with Crippen molar-refractivity contribution in [2.24, 2.45) is 5.92 Å². The van der Waals surface area contributed by atoms with Crippen LogP contribution in [0.4, 0.5) is 5.69 Å². The number of anilines is 1. The monoisotopic (exact) mass is 260 g/mol. The highest BCUT2D eigenvalue weighted by Gasteiger charge is 2.35. The van der Waals surface area contributed by atoms with Crippen molar-refractivity contribution in [1.82, 2.24) is 4.90 Å². The number of nitrogen functional groups attached to an aromatic ring is 1. The fourth-order valence-corrected chi connectivity index (χ4v) is 3.76. The van der Waals surface area contributed by atoms with E-state index in [4.69, 9.17) is 10.5 Å². The number of hydrogen-bond acceptors (Lipinski definition) is 3. The van der Waals surface area contributed by atoms with E-state index in [1.807, 2.05) is 12.1 Å². The number of rotatable bonds is 3. The maximum absolute atomic E-state index is 6.11. The molecule has 1 heterocycles. The average molecular weight is 260 g/mol. The Morgan fingerprint density at radius 2 is 2.11 bits per heavy atom. The number of likely N-dealkylation sites (tertiary alicyclic amines) is 1. The SMILES string of the molecule is COc1ccc(N)c(CN2CCC3CCCCC32)c1. The van der Waals surface area contributed by atoms with E-state index >= 15 is 0 Å². The van der Waals surface area contributed by atoms with Crippen LogP contribution in [-0.4, -0.2) is 24.6 Å². The summed E-state index contributed by atoms with van der Waals surface area (Å²) in [6, 6.07) is 6.78. The van der Waals surface area contributed by atoms with E-state index in [0.29, 0.717) is 0 Å². The third-order valence-electron chi connectivity index (χ3n) is 4.85. The highest BCUT2D eigenvalue weighted by molar-refractivity contribution is 5.50. The number of ether oxygens (including phenoxy) is 1. The van der Waals surface area contributed by atoms with Crippen LogP contribution in [0.1, 0.15) is 37.7 Å². The van der Waals surface area contributed by atoms with Gasteiger partial charge in [-0.05, 0) is 55.5 Å². The molecule has 3 nitrogen and oxygen atoms in total. The minimum Gasteiger partial charge on any atom is -0.497 e. The maximum Gasteiger partial charge on any atom is 0.119 e. The predicted molar refractivity (Wildman–Crippen MR) is 78.2 cm³/mol. The first-order valence-electron chi connectivity index (χ1n) is 7.44. The lowest BCUT2D eigenvalue weighted by Gasteiger charge is -2.32. The first kappa shape index (κ1) is 12.8. The zero-order chi connectivity index (χ0) is 13.2. The van der Waals surface area contributed by atoms with Gasteiger partial charge in [0.1, 0.15) is 5.75 Å². The van der Waals surface area contributed by atoms with E-state index in [2.05, 4.69) is 11.0 Å². The van der Waals surface area contributed by atoms with Crippen LogP contribution < -0.4 is 10.5 Å². The molecule has 2 atom stereocenters. The van der Waals surface area contributed by atoms with Crippen LogP contribution in [-0.2, 0) is 6.54 Å². The molecule has 0 radical (unpaired) electrons. The molecule has 3 rings (SSSR count). The molecule has 1 saturated carbocycles. The number of fused-ring (bicyclic) bond motifs is 1. The van der Waals surface area contributed by atoms with Crippen molar-refractivity contribution in [3.8, 4) is 5.75 Å². The highest BCUT2D eigenvalue weighted by atomic mass is 16.5. The summed E-state index contributed by atoms with van der Waals surface area (Å²) in [6.07, 6.45) is 6.99. The Morgan fingerprint density at radius 1 is 1.26 bits per heavy atom. The zero-order valence-corrected chi connectivity index (χ0v) is 11.8. The molecule has 0 aromatic heterocycles. The van der Waals surface area contributed by atoms with Crippen LogP contribution in [0, 0.1) is 5.92 Å². The molecular formula is C16H24N2O. The highest BCUT2D eigenvalue weighted by Crippen LogP contribution is 2.37. The molecule has 2 unspecified atom stereocenters. The smallest absolute Gasteiger partial charge is 0.119 e. The predicted octanol–water partition coefficient (Wildman–Crippen LogP) is 3.04. The van der Waals surface area contributed by atoms with E-state index in [9.17, 15) is 0 Å². The zero-order valence-electron chi connectivity index (χ0n) is 11.8. The Hall–Kier alpha value is -1.22. The van der Waals surface area contributed by atoms with Crippen molar-refractivity contribution in [1.29, 1.82) is 0 Å². The lowest BCUT2D eigenvalue weighted by molar-refractivity contribution is 0.176. The molecule has 2 fully saturated rings. The molecule has 0 spiro atoms. The van der Waals surface area contributed by atoms with Gasteiger partial charge in [-0.3, -0.25) is 4.90 Å². The van der Waals surface area contributed by atoms with Gasteiger partial charge in [0.05, 0.1) is 7.11 Å². The Labute approximate surface area is 115 Å². The third-order valence-corrected chi connectivity index (χ3v) is 4.85. The van der Waals surface area contributed by atoms with Gasteiger partial charge in [0.25, 0.3) is 0 Å². The van der Waals surface area contributed by atoms with Crippen LogP contribution in [0.2, 0.25) is 0 Å². The molecule has 1 aromatic rings. The van der Waals surface area contributed by atoms with Crippen molar-refractivity contribution in [2.45, 2.75) is 44.7 Å². The molecule has 1 aliphatic carbocycles. The molecule has 1 aliphatic heterocycles. The van der Waals surface area contributed by atoms with Gasteiger partial charge in [-0.1, -0.05) is 12.8 Å².